The van der Waals surface area contributed by atoms with E-state index in [4.69, 9.17) is 10.8 Å². The number of carboxylic acids is 1. The van der Waals surface area contributed by atoms with Gasteiger partial charge in [-0.1, -0.05) is 0 Å². The van der Waals surface area contributed by atoms with E-state index in [1.807, 2.05) is 0 Å². The molecule has 0 aromatic carbocycles. The van der Waals surface area contributed by atoms with Crippen molar-refractivity contribution in [2.24, 2.45) is 17.6 Å². The zero-order valence-electron chi connectivity index (χ0n) is 6.96. The van der Waals surface area contributed by atoms with Gasteiger partial charge in [-0.2, -0.15) is 0 Å². The van der Waals surface area contributed by atoms with E-state index in [0.717, 1.165) is 0 Å². The van der Waals surface area contributed by atoms with Crippen LogP contribution in [-0.2, 0) is 4.79 Å². The molecule has 74 valence electrons. The molecule has 0 spiro atoms. The van der Waals surface area contributed by atoms with Crippen molar-refractivity contribution in [1.29, 1.82) is 0 Å². The van der Waals surface area contributed by atoms with Gasteiger partial charge in [-0.15, -0.1) is 0 Å². The Morgan fingerprint density at radius 3 is 2.62 bits per heavy atom. The summed E-state index contributed by atoms with van der Waals surface area (Å²) in [6, 6.07) is 0. The van der Waals surface area contributed by atoms with Crippen molar-refractivity contribution < 1.29 is 18.7 Å². The fraction of sp³-hybridized carbons (Fsp3) is 0.875. The molecule has 0 aliphatic heterocycles. The first-order valence-corrected chi connectivity index (χ1v) is 4.26. The van der Waals surface area contributed by atoms with Gasteiger partial charge in [0, 0.05) is 12.3 Å². The van der Waals surface area contributed by atoms with Gasteiger partial charge in [0.15, 0.2) is 0 Å². The summed E-state index contributed by atoms with van der Waals surface area (Å²) in [7, 11) is 0. The van der Waals surface area contributed by atoms with Crippen molar-refractivity contribution >= 4 is 5.97 Å². The third-order valence-electron chi connectivity index (χ3n) is 3.26. The van der Waals surface area contributed by atoms with Crippen molar-refractivity contribution in [1.82, 2.24) is 0 Å². The first-order chi connectivity index (χ1) is 5.88. The molecule has 2 aliphatic rings. The molecule has 0 heterocycles. The van der Waals surface area contributed by atoms with Crippen LogP contribution in [0.4, 0.5) is 8.78 Å². The normalized spacial score (nSPS) is 45.8. The van der Waals surface area contributed by atoms with Crippen LogP contribution in [0.15, 0.2) is 0 Å². The highest BCUT2D eigenvalue weighted by atomic mass is 19.3. The number of carboxylic acid groups (broad SMARTS) is 1. The molecule has 0 saturated heterocycles. The number of rotatable bonds is 2. The highest BCUT2D eigenvalue weighted by molar-refractivity contribution is 5.67. The number of fused-ring (bicyclic) bond motifs is 1. The molecule has 0 bridgehead atoms. The number of alkyl halides is 2. The van der Waals surface area contributed by atoms with Gasteiger partial charge in [-0.3, -0.25) is 4.79 Å². The Labute approximate surface area is 73.9 Å². The summed E-state index contributed by atoms with van der Waals surface area (Å²) in [4.78, 5) is 10.3. The van der Waals surface area contributed by atoms with Gasteiger partial charge in [0.25, 0.3) is 5.92 Å². The second kappa shape index (κ2) is 2.20. The minimum atomic E-state index is -2.75. The predicted octanol–water partition coefficient (Wildman–Crippen LogP) is 0.834. The Balaban J connectivity index is 1.98. The van der Waals surface area contributed by atoms with Crippen LogP contribution in [0.2, 0.25) is 0 Å². The summed E-state index contributed by atoms with van der Waals surface area (Å²) in [6.45, 7) is 0. The fourth-order valence-corrected chi connectivity index (χ4v) is 2.49. The van der Waals surface area contributed by atoms with Crippen molar-refractivity contribution in [2.45, 2.75) is 30.7 Å². The molecular weight excluding hydrogens is 180 g/mol. The molecule has 5 heteroatoms. The summed E-state index contributed by atoms with van der Waals surface area (Å²) in [6.07, 6.45) is 0.373. The van der Waals surface area contributed by atoms with Crippen LogP contribution in [0.3, 0.4) is 0 Å². The average molecular weight is 191 g/mol. The molecule has 0 aromatic rings. The lowest BCUT2D eigenvalue weighted by Gasteiger charge is -2.14. The molecule has 2 rings (SSSR count). The number of hydrogen-bond donors (Lipinski definition) is 2. The van der Waals surface area contributed by atoms with E-state index >= 15 is 0 Å². The molecule has 3 N–H and O–H groups in total. The van der Waals surface area contributed by atoms with Gasteiger partial charge in [-0.25, -0.2) is 8.78 Å². The van der Waals surface area contributed by atoms with E-state index in [2.05, 4.69) is 0 Å². The van der Waals surface area contributed by atoms with Gasteiger partial charge < -0.3 is 10.8 Å². The maximum absolute atomic E-state index is 12.9. The summed E-state index contributed by atoms with van der Waals surface area (Å²) >= 11 is 0. The minimum Gasteiger partial charge on any atom is -0.481 e. The van der Waals surface area contributed by atoms with Gasteiger partial charge in [0.2, 0.25) is 0 Å². The summed E-state index contributed by atoms with van der Waals surface area (Å²) in [5.41, 5.74) is 4.07. The van der Waals surface area contributed by atoms with Crippen LogP contribution in [0.25, 0.3) is 0 Å². The second-order valence-electron chi connectivity index (χ2n) is 4.12. The Kier molecular flexibility index (Phi) is 1.50. The van der Waals surface area contributed by atoms with E-state index in [1.54, 1.807) is 0 Å². The number of nitrogens with two attached hydrogens (primary N) is 1. The minimum absolute atomic E-state index is 0.0362. The average Bonchev–Trinajstić information content (AvgIpc) is 2.33. The second-order valence-corrected chi connectivity index (χ2v) is 4.12. The molecule has 3 nitrogen and oxygen atoms in total. The van der Waals surface area contributed by atoms with E-state index in [0.29, 0.717) is 0 Å². The SMILES string of the molecule is NC12CC(CC(=O)O)CC1C2(F)F. The van der Waals surface area contributed by atoms with Gasteiger partial charge >= 0.3 is 5.97 Å². The largest absolute Gasteiger partial charge is 0.481 e. The highest BCUT2D eigenvalue weighted by Crippen LogP contribution is 2.67. The van der Waals surface area contributed by atoms with Crippen LogP contribution in [0.1, 0.15) is 19.3 Å². The number of carbonyl (C=O) groups is 1. The molecule has 13 heavy (non-hydrogen) atoms. The molecule has 2 saturated carbocycles. The third kappa shape index (κ3) is 0.995. The maximum atomic E-state index is 12.9. The molecule has 3 atom stereocenters. The van der Waals surface area contributed by atoms with E-state index in [9.17, 15) is 13.6 Å². The zero-order chi connectivity index (χ0) is 9.85. The van der Waals surface area contributed by atoms with Crippen LogP contribution < -0.4 is 5.73 Å². The first kappa shape index (κ1) is 8.87. The lowest BCUT2D eigenvalue weighted by molar-refractivity contribution is -0.138. The highest BCUT2D eigenvalue weighted by Gasteiger charge is 2.81. The maximum Gasteiger partial charge on any atom is 0.303 e. The molecule has 3 unspecified atom stereocenters. The van der Waals surface area contributed by atoms with Crippen LogP contribution in [0.5, 0.6) is 0 Å². The Morgan fingerprint density at radius 1 is 1.62 bits per heavy atom. The quantitative estimate of drug-likeness (QED) is 0.679. The Bertz CT molecular complexity index is 269. The molecular formula is C8H11F2NO2. The van der Waals surface area contributed by atoms with Crippen LogP contribution in [0, 0.1) is 11.8 Å². The van der Waals surface area contributed by atoms with Crippen molar-refractivity contribution in [3.05, 3.63) is 0 Å². The van der Waals surface area contributed by atoms with Crippen LogP contribution in [-0.4, -0.2) is 22.5 Å². The van der Waals surface area contributed by atoms with Gasteiger partial charge in [0.05, 0.1) is 5.54 Å². The number of aliphatic carboxylic acids is 1. The Hall–Kier alpha value is -0.710. The van der Waals surface area contributed by atoms with Crippen molar-refractivity contribution in [2.75, 3.05) is 0 Å². The van der Waals surface area contributed by atoms with E-state index in [1.165, 1.54) is 0 Å². The van der Waals surface area contributed by atoms with Gasteiger partial charge in [-0.05, 0) is 18.8 Å². The molecule has 2 aliphatic carbocycles. The molecule has 0 amide bonds. The lowest BCUT2D eigenvalue weighted by atomic mass is 9.98. The standard InChI is InChI=1S/C8H11F2NO2/c9-8(10)5-1-4(2-6(12)13)3-7(5,8)11/h4-5H,1-3,11H2,(H,12,13). The van der Waals surface area contributed by atoms with E-state index in [-0.39, 0.29) is 25.2 Å². The molecule has 2 fully saturated rings. The number of halogens is 2. The summed E-state index contributed by atoms with van der Waals surface area (Å²) in [5.74, 6) is -4.61. The van der Waals surface area contributed by atoms with Gasteiger partial charge in [0.1, 0.15) is 0 Å². The molecule has 0 radical (unpaired) electrons. The number of hydrogen-bond acceptors (Lipinski definition) is 2. The zero-order valence-corrected chi connectivity index (χ0v) is 6.96. The third-order valence-corrected chi connectivity index (χ3v) is 3.26. The topological polar surface area (TPSA) is 63.3 Å². The predicted molar refractivity (Wildman–Crippen MR) is 40.3 cm³/mol. The fourth-order valence-electron chi connectivity index (χ4n) is 2.49. The van der Waals surface area contributed by atoms with Crippen molar-refractivity contribution in [3.63, 3.8) is 0 Å². The monoisotopic (exact) mass is 191 g/mol. The lowest BCUT2D eigenvalue weighted by Crippen LogP contribution is -2.31. The first-order valence-electron chi connectivity index (χ1n) is 4.26. The molecule has 0 aromatic heterocycles. The Morgan fingerprint density at radius 2 is 2.23 bits per heavy atom. The summed E-state index contributed by atoms with van der Waals surface area (Å²) in [5, 5.41) is 8.46. The summed E-state index contributed by atoms with van der Waals surface area (Å²) < 4.78 is 25.7. The van der Waals surface area contributed by atoms with Crippen LogP contribution >= 0.6 is 0 Å². The smallest absolute Gasteiger partial charge is 0.303 e. The van der Waals surface area contributed by atoms with E-state index < -0.39 is 23.3 Å². The van der Waals surface area contributed by atoms with Crippen molar-refractivity contribution in [3.8, 4) is 0 Å².